The Morgan fingerprint density at radius 2 is 1.87 bits per heavy atom. The van der Waals surface area contributed by atoms with Crippen molar-refractivity contribution in [3.05, 3.63) is 32.8 Å². The van der Waals surface area contributed by atoms with Crippen LogP contribution in [0.25, 0.3) is 0 Å². The van der Waals surface area contributed by atoms with Gasteiger partial charge < -0.3 is 10.8 Å². The van der Waals surface area contributed by atoms with Gasteiger partial charge in [-0.05, 0) is 12.1 Å². The Kier molecular flexibility index (Phi) is 4.22. The molecule has 0 heterocycles. The van der Waals surface area contributed by atoms with Crippen LogP contribution in [0.15, 0.2) is 12.1 Å². The maximum Gasteiger partial charge on any atom is 0.305 e. The highest BCUT2D eigenvalue weighted by atomic mass is 35.5. The number of benzene rings is 1. The third-order valence-corrected chi connectivity index (χ3v) is 2.99. The summed E-state index contributed by atoms with van der Waals surface area (Å²) < 4.78 is 0. The van der Waals surface area contributed by atoms with Gasteiger partial charge in [0.25, 0.3) is 0 Å². The summed E-state index contributed by atoms with van der Waals surface area (Å²) in [6.07, 6.45) is -0.250. The van der Waals surface area contributed by atoms with E-state index in [-0.39, 0.29) is 11.4 Å². The Morgan fingerprint density at radius 3 is 2.40 bits per heavy atom. The van der Waals surface area contributed by atoms with Crippen molar-refractivity contribution in [2.45, 2.75) is 12.5 Å². The summed E-state index contributed by atoms with van der Waals surface area (Å²) in [5, 5.41) is 9.42. The molecule has 0 aliphatic heterocycles. The first-order chi connectivity index (χ1) is 6.93. The Hall–Kier alpha value is -0.480. The predicted molar refractivity (Wildman–Crippen MR) is 60.7 cm³/mol. The normalized spacial score (nSPS) is 12.5. The highest BCUT2D eigenvalue weighted by Gasteiger charge is 2.18. The molecule has 6 heteroatoms. The van der Waals surface area contributed by atoms with Gasteiger partial charge in [0.05, 0.1) is 16.5 Å². The molecule has 3 nitrogen and oxygen atoms in total. The molecule has 1 aromatic carbocycles. The zero-order valence-corrected chi connectivity index (χ0v) is 9.77. The summed E-state index contributed by atoms with van der Waals surface area (Å²) in [6.45, 7) is 0. The number of nitrogens with two attached hydrogens (primary N) is 1. The number of halogens is 3. The molecule has 1 rings (SSSR count). The molecule has 0 aliphatic rings. The van der Waals surface area contributed by atoms with E-state index in [1.54, 1.807) is 0 Å². The second-order valence-corrected chi connectivity index (χ2v) is 4.15. The predicted octanol–water partition coefficient (Wildman–Crippen LogP) is 3.12. The molecule has 0 spiro atoms. The number of carboxylic acids is 1. The second-order valence-electron chi connectivity index (χ2n) is 2.96. The number of carbonyl (C=O) groups is 1. The lowest BCUT2D eigenvalue weighted by molar-refractivity contribution is -0.137. The van der Waals surface area contributed by atoms with Crippen molar-refractivity contribution in [3.8, 4) is 0 Å². The van der Waals surface area contributed by atoms with Crippen molar-refractivity contribution in [1.82, 2.24) is 0 Å². The zero-order valence-electron chi connectivity index (χ0n) is 7.51. The van der Waals surface area contributed by atoms with Crippen LogP contribution in [0.2, 0.25) is 15.1 Å². The van der Waals surface area contributed by atoms with Gasteiger partial charge in [0.15, 0.2) is 0 Å². The van der Waals surface area contributed by atoms with Gasteiger partial charge in [-0.25, -0.2) is 0 Å². The minimum Gasteiger partial charge on any atom is -0.481 e. The summed E-state index contributed by atoms with van der Waals surface area (Å²) >= 11 is 17.5. The average molecular weight is 269 g/mol. The van der Waals surface area contributed by atoms with Crippen LogP contribution in [0.4, 0.5) is 0 Å². The maximum absolute atomic E-state index is 10.5. The molecule has 0 saturated carbocycles. The Labute approximate surface area is 102 Å². The lowest BCUT2D eigenvalue weighted by Gasteiger charge is -2.14. The lowest BCUT2D eigenvalue weighted by atomic mass is 10.0. The lowest BCUT2D eigenvalue weighted by Crippen LogP contribution is -2.16. The summed E-state index contributed by atoms with van der Waals surface area (Å²) in [5.74, 6) is -1.02. The molecule has 0 fully saturated rings. The van der Waals surface area contributed by atoms with Crippen molar-refractivity contribution < 1.29 is 9.90 Å². The monoisotopic (exact) mass is 267 g/mol. The Bertz CT molecular complexity index is 395. The molecule has 82 valence electrons. The van der Waals surface area contributed by atoms with E-state index in [4.69, 9.17) is 45.6 Å². The SMILES string of the molecule is N[C@H](CC(=O)O)c1c(Cl)ccc(Cl)c1Cl. The first kappa shape index (κ1) is 12.6. The molecule has 15 heavy (non-hydrogen) atoms. The van der Waals surface area contributed by atoms with E-state index in [2.05, 4.69) is 0 Å². The summed E-state index contributed by atoms with van der Waals surface area (Å²) in [7, 11) is 0. The van der Waals surface area contributed by atoms with Gasteiger partial charge in [0.1, 0.15) is 0 Å². The van der Waals surface area contributed by atoms with Crippen LogP contribution in [0.5, 0.6) is 0 Å². The van der Waals surface area contributed by atoms with Crippen LogP contribution in [-0.2, 0) is 4.79 Å². The summed E-state index contributed by atoms with van der Waals surface area (Å²) in [6, 6.07) is 2.30. The smallest absolute Gasteiger partial charge is 0.305 e. The standard InChI is InChI=1S/C9H8Cl3NO2/c10-4-1-2-5(11)9(12)8(4)6(13)3-7(14)15/h1-2,6H,3,13H2,(H,14,15)/t6-/m1/s1. The van der Waals surface area contributed by atoms with Crippen molar-refractivity contribution in [1.29, 1.82) is 0 Å². The quantitative estimate of drug-likeness (QED) is 0.828. The maximum atomic E-state index is 10.5. The van der Waals surface area contributed by atoms with Crippen LogP contribution in [0.3, 0.4) is 0 Å². The van der Waals surface area contributed by atoms with Crippen molar-refractivity contribution in [2.24, 2.45) is 5.73 Å². The molecule has 0 bridgehead atoms. The number of hydrogen-bond donors (Lipinski definition) is 2. The first-order valence-electron chi connectivity index (χ1n) is 4.04. The molecule has 0 amide bonds. The second kappa shape index (κ2) is 5.03. The number of hydrogen-bond acceptors (Lipinski definition) is 2. The van der Waals surface area contributed by atoms with E-state index in [9.17, 15) is 4.79 Å². The highest BCUT2D eigenvalue weighted by Crippen LogP contribution is 2.35. The van der Waals surface area contributed by atoms with Crippen LogP contribution in [0.1, 0.15) is 18.0 Å². The largest absolute Gasteiger partial charge is 0.481 e. The van der Waals surface area contributed by atoms with Crippen LogP contribution >= 0.6 is 34.8 Å². The van der Waals surface area contributed by atoms with E-state index in [0.29, 0.717) is 15.6 Å². The molecule has 1 aromatic rings. The third-order valence-electron chi connectivity index (χ3n) is 1.84. The molecule has 0 saturated heterocycles. The van der Waals surface area contributed by atoms with E-state index < -0.39 is 12.0 Å². The molecular weight excluding hydrogens is 260 g/mol. The van der Waals surface area contributed by atoms with Crippen LogP contribution in [0, 0.1) is 0 Å². The average Bonchev–Trinajstić information content (AvgIpc) is 2.11. The van der Waals surface area contributed by atoms with E-state index in [0.717, 1.165) is 0 Å². The summed E-state index contributed by atoms with van der Waals surface area (Å²) in [4.78, 5) is 10.5. The summed E-state index contributed by atoms with van der Waals surface area (Å²) in [5.41, 5.74) is 6.03. The number of aliphatic carboxylic acids is 1. The van der Waals surface area contributed by atoms with Crippen LogP contribution in [-0.4, -0.2) is 11.1 Å². The molecule has 0 radical (unpaired) electrons. The number of carboxylic acid groups (broad SMARTS) is 1. The molecule has 0 unspecified atom stereocenters. The fourth-order valence-corrected chi connectivity index (χ4v) is 1.99. The zero-order chi connectivity index (χ0) is 11.6. The minimum absolute atomic E-state index is 0.206. The van der Waals surface area contributed by atoms with Gasteiger partial charge in [-0.2, -0.15) is 0 Å². The van der Waals surface area contributed by atoms with Gasteiger partial charge >= 0.3 is 5.97 Å². The number of rotatable bonds is 3. The molecule has 0 aromatic heterocycles. The topological polar surface area (TPSA) is 63.3 Å². The molecule has 0 aliphatic carbocycles. The van der Waals surface area contributed by atoms with Crippen molar-refractivity contribution in [3.63, 3.8) is 0 Å². The fraction of sp³-hybridized carbons (Fsp3) is 0.222. The van der Waals surface area contributed by atoms with E-state index in [1.807, 2.05) is 0 Å². The molecule has 1 atom stereocenters. The van der Waals surface area contributed by atoms with Gasteiger partial charge in [-0.1, -0.05) is 34.8 Å². The van der Waals surface area contributed by atoms with Crippen LogP contribution < -0.4 is 5.73 Å². The highest BCUT2D eigenvalue weighted by molar-refractivity contribution is 6.44. The van der Waals surface area contributed by atoms with Gasteiger partial charge in [-0.15, -0.1) is 0 Å². The van der Waals surface area contributed by atoms with E-state index >= 15 is 0 Å². The van der Waals surface area contributed by atoms with Crippen molar-refractivity contribution in [2.75, 3.05) is 0 Å². The molecule has 3 N–H and O–H groups in total. The van der Waals surface area contributed by atoms with Crippen molar-refractivity contribution >= 4 is 40.8 Å². The van der Waals surface area contributed by atoms with E-state index in [1.165, 1.54) is 12.1 Å². The fourth-order valence-electron chi connectivity index (χ4n) is 1.17. The Balaban J connectivity index is 3.12. The Morgan fingerprint density at radius 1 is 1.33 bits per heavy atom. The molecular formula is C9H8Cl3NO2. The third kappa shape index (κ3) is 2.98. The minimum atomic E-state index is -1.02. The van der Waals surface area contributed by atoms with Gasteiger partial charge in [-0.3, -0.25) is 4.79 Å². The van der Waals surface area contributed by atoms with Gasteiger partial charge in [0.2, 0.25) is 0 Å². The first-order valence-corrected chi connectivity index (χ1v) is 5.17. The van der Waals surface area contributed by atoms with Gasteiger partial charge in [0, 0.05) is 16.6 Å².